The third-order valence-electron chi connectivity index (χ3n) is 4.13. The Kier molecular flexibility index (Phi) is 7.88. The van der Waals surface area contributed by atoms with E-state index in [1.165, 1.54) is 24.7 Å². The van der Waals surface area contributed by atoms with Gasteiger partial charge in [-0.15, -0.1) is 0 Å². The molecule has 0 aromatic heterocycles. The summed E-state index contributed by atoms with van der Waals surface area (Å²) in [6.45, 7) is -0.0198. The number of amides is 2. The van der Waals surface area contributed by atoms with Gasteiger partial charge in [-0.25, -0.2) is 5.48 Å². The van der Waals surface area contributed by atoms with Crippen molar-refractivity contribution in [1.29, 1.82) is 0 Å². The first-order chi connectivity index (χ1) is 13.5. The van der Waals surface area contributed by atoms with Crippen molar-refractivity contribution in [2.75, 3.05) is 25.2 Å². The molecule has 1 aliphatic rings. The summed E-state index contributed by atoms with van der Waals surface area (Å²) in [4.78, 5) is 24.5. The SMILES string of the molecule is COC1(C(NC(=O)c2ccc(C#CC#CCCO)cc2)C(=O)NO)C[S+]([O-])C1. The molecule has 0 spiro atoms. The van der Waals surface area contributed by atoms with Crippen LogP contribution >= 0.6 is 0 Å². The van der Waals surface area contributed by atoms with Crippen LogP contribution in [0.4, 0.5) is 0 Å². The van der Waals surface area contributed by atoms with E-state index in [2.05, 4.69) is 29.0 Å². The number of aliphatic hydroxyl groups is 1. The second-order valence-electron chi connectivity index (χ2n) is 5.98. The summed E-state index contributed by atoms with van der Waals surface area (Å²) in [7, 11) is 1.36. The summed E-state index contributed by atoms with van der Waals surface area (Å²) in [6.07, 6.45) is 0.354. The van der Waals surface area contributed by atoms with Gasteiger partial charge in [0.1, 0.15) is 17.5 Å². The second kappa shape index (κ2) is 10.1. The highest BCUT2D eigenvalue weighted by molar-refractivity contribution is 7.93. The lowest BCUT2D eigenvalue weighted by atomic mass is 9.95. The number of hydroxylamine groups is 1. The Bertz CT molecular complexity index is 828. The van der Waals surface area contributed by atoms with E-state index in [1.54, 1.807) is 12.1 Å². The highest BCUT2D eigenvalue weighted by atomic mass is 32.2. The van der Waals surface area contributed by atoms with Crippen LogP contribution in [0.1, 0.15) is 22.3 Å². The number of methoxy groups -OCH3 is 1. The molecule has 28 heavy (non-hydrogen) atoms. The molecule has 1 unspecified atom stereocenters. The third-order valence-corrected chi connectivity index (χ3v) is 5.75. The van der Waals surface area contributed by atoms with Crippen molar-refractivity contribution >= 4 is 23.0 Å². The maximum Gasteiger partial charge on any atom is 0.269 e. The number of hydrogen-bond acceptors (Lipinski definition) is 6. The van der Waals surface area contributed by atoms with E-state index in [0.29, 0.717) is 12.0 Å². The van der Waals surface area contributed by atoms with E-state index in [4.69, 9.17) is 15.1 Å². The molecule has 8 nitrogen and oxygen atoms in total. The number of carbonyl (C=O) groups is 2. The van der Waals surface area contributed by atoms with Crippen molar-refractivity contribution in [1.82, 2.24) is 10.8 Å². The van der Waals surface area contributed by atoms with E-state index in [1.807, 2.05) is 0 Å². The quantitative estimate of drug-likeness (QED) is 0.212. The second-order valence-corrected chi connectivity index (χ2v) is 7.44. The average molecular weight is 404 g/mol. The predicted octanol–water partition coefficient (Wildman–Crippen LogP) is -0.825. The van der Waals surface area contributed by atoms with Crippen LogP contribution in [0.2, 0.25) is 0 Å². The fourth-order valence-corrected chi connectivity index (χ4v) is 4.17. The van der Waals surface area contributed by atoms with E-state index in [0.717, 1.165) is 0 Å². The molecular formula is C19H20N2O6S. The van der Waals surface area contributed by atoms with E-state index in [9.17, 15) is 14.1 Å². The Morgan fingerprint density at radius 2 is 2.00 bits per heavy atom. The minimum Gasteiger partial charge on any atom is -0.616 e. The molecule has 1 aromatic carbocycles. The summed E-state index contributed by atoms with van der Waals surface area (Å²) in [5, 5.41) is 20.1. The lowest BCUT2D eigenvalue weighted by Gasteiger charge is -2.44. The van der Waals surface area contributed by atoms with E-state index in [-0.39, 0.29) is 23.7 Å². The van der Waals surface area contributed by atoms with Gasteiger partial charge in [0.05, 0.1) is 6.61 Å². The fraction of sp³-hybridized carbons (Fsp3) is 0.368. The maximum absolute atomic E-state index is 12.5. The molecule has 1 saturated heterocycles. The van der Waals surface area contributed by atoms with Crippen LogP contribution in [-0.4, -0.2) is 63.5 Å². The molecule has 0 aliphatic carbocycles. The number of aliphatic hydroxyl groups excluding tert-OH is 1. The van der Waals surface area contributed by atoms with Gasteiger partial charge in [-0.3, -0.25) is 14.8 Å². The normalized spacial score (nSPS) is 21.1. The van der Waals surface area contributed by atoms with Crippen molar-refractivity contribution in [3.8, 4) is 23.7 Å². The largest absolute Gasteiger partial charge is 0.616 e. The molecule has 1 atom stereocenters. The molecule has 1 heterocycles. The summed E-state index contributed by atoms with van der Waals surface area (Å²) < 4.78 is 16.8. The molecule has 0 saturated carbocycles. The van der Waals surface area contributed by atoms with Gasteiger partial charge in [0, 0.05) is 24.7 Å². The molecule has 1 aromatic rings. The highest BCUT2D eigenvalue weighted by Gasteiger charge is 2.58. The maximum atomic E-state index is 12.5. The Labute approximate surface area is 165 Å². The third kappa shape index (κ3) is 5.26. The topological polar surface area (TPSA) is 131 Å². The van der Waals surface area contributed by atoms with Crippen molar-refractivity contribution in [2.45, 2.75) is 18.1 Å². The molecule has 1 fully saturated rings. The first-order valence-corrected chi connectivity index (χ1v) is 9.79. The van der Waals surface area contributed by atoms with Gasteiger partial charge in [0.25, 0.3) is 11.8 Å². The molecule has 0 bridgehead atoms. The van der Waals surface area contributed by atoms with Gasteiger partial charge in [0.15, 0.2) is 5.60 Å². The monoisotopic (exact) mass is 404 g/mol. The van der Waals surface area contributed by atoms with Crippen LogP contribution in [-0.2, 0) is 20.7 Å². The molecular weight excluding hydrogens is 384 g/mol. The molecule has 2 amide bonds. The van der Waals surface area contributed by atoms with Crippen molar-refractivity contribution in [2.24, 2.45) is 0 Å². The summed E-state index contributed by atoms with van der Waals surface area (Å²) in [6, 6.07) is 5.12. The zero-order valence-corrected chi connectivity index (χ0v) is 16.0. The number of rotatable bonds is 6. The van der Waals surface area contributed by atoms with Gasteiger partial charge < -0.3 is 19.7 Å². The van der Waals surface area contributed by atoms with Gasteiger partial charge in [-0.2, -0.15) is 0 Å². The van der Waals surface area contributed by atoms with Gasteiger partial charge >= 0.3 is 0 Å². The van der Waals surface area contributed by atoms with Gasteiger partial charge in [-0.05, 0) is 47.3 Å². The van der Waals surface area contributed by atoms with Crippen LogP contribution in [0.3, 0.4) is 0 Å². The van der Waals surface area contributed by atoms with Crippen molar-refractivity contribution in [3.05, 3.63) is 35.4 Å². The number of hydrogen-bond donors (Lipinski definition) is 4. The molecule has 9 heteroatoms. The fourth-order valence-electron chi connectivity index (χ4n) is 2.59. The van der Waals surface area contributed by atoms with Crippen LogP contribution in [0.15, 0.2) is 24.3 Å². The van der Waals surface area contributed by atoms with Gasteiger partial charge in [0.2, 0.25) is 0 Å². The smallest absolute Gasteiger partial charge is 0.269 e. The van der Waals surface area contributed by atoms with Crippen LogP contribution in [0.25, 0.3) is 0 Å². The summed E-state index contributed by atoms with van der Waals surface area (Å²) >= 11 is -1.15. The Morgan fingerprint density at radius 1 is 1.32 bits per heavy atom. The number of ether oxygens (including phenoxy) is 1. The summed E-state index contributed by atoms with van der Waals surface area (Å²) in [5.74, 6) is 9.47. The van der Waals surface area contributed by atoms with Crippen molar-refractivity contribution < 1.29 is 29.2 Å². The lowest BCUT2D eigenvalue weighted by molar-refractivity contribution is -0.138. The Balaban J connectivity index is 2.09. The first kappa shape index (κ1) is 21.8. The minimum absolute atomic E-state index is 0.0198. The molecule has 148 valence electrons. The molecule has 4 N–H and O–H groups in total. The first-order valence-electron chi connectivity index (χ1n) is 8.30. The summed E-state index contributed by atoms with van der Waals surface area (Å²) in [5.41, 5.74) is 1.30. The van der Waals surface area contributed by atoms with E-state index >= 15 is 0 Å². The van der Waals surface area contributed by atoms with Crippen LogP contribution in [0, 0.1) is 23.7 Å². The molecule has 1 aliphatic heterocycles. The van der Waals surface area contributed by atoms with Gasteiger partial charge in [-0.1, -0.05) is 11.8 Å². The van der Waals surface area contributed by atoms with Crippen LogP contribution < -0.4 is 10.8 Å². The zero-order valence-electron chi connectivity index (χ0n) is 15.2. The standard InChI is InChI=1S/C19H20N2O6S/c1-27-19(12-28(26)13-19)16(18(24)21-25)20-17(23)15-9-7-14(8-10-15)6-4-2-3-5-11-22/h7-10,16,22,25H,5,11-13H2,1H3,(H,20,23)(H,21,24). The molecule has 2 rings (SSSR count). The average Bonchev–Trinajstić information content (AvgIpc) is 2.69. The predicted molar refractivity (Wildman–Crippen MR) is 102 cm³/mol. The highest BCUT2D eigenvalue weighted by Crippen LogP contribution is 2.31. The Hall–Kier alpha value is -2.53. The lowest BCUT2D eigenvalue weighted by Crippen LogP contribution is -2.71. The van der Waals surface area contributed by atoms with Crippen molar-refractivity contribution in [3.63, 3.8) is 0 Å². The molecule has 0 radical (unpaired) electrons. The number of carbonyl (C=O) groups excluding carboxylic acids is 2. The zero-order chi connectivity index (χ0) is 20.6. The number of nitrogens with one attached hydrogen (secondary N) is 2. The Morgan fingerprint density at radius 3 is 2.54 bits per heavy atom. The minimum atomic E-state index is -1.20. The number of benzene rings is 1. The van der Waals surface area contributed by atoms with Crippen LogP contribution in [0.5, 0.6) is 0 Å². The van der Waals surface area contributed by atoms with E-state index < -0.39 is 34.6 Å².